The van der Waals surface area contributed by atoms with E-state index in [2.05, 4.69) is 4.94 Å². The Morgan fingerprint density at radius 3 is 2.64 bits per heavy atom. The van der Waals surface area contributed by atoms with Crippen LogP contribution in [0.5, 0.6) is 0 Å². The van der Waals surface area contributed by atoms with Gasteiger partial charge in [0, 0.05) is 11.6 Å². The first kappa shape index (κ1) is 8.16. The van der Waals surface area contributed by atoms with E-state index < -0.39 is 5.23 Å². The van der Waals surface area contributed by atoms with Crippen LogP contribution in [0.2, 0.25) is 0 Å². The molecule has 0 saturated carbocycles. The molecule has 0 amide bonds. The van der Waals surface area contributed by atoms with Crippen molar-refractivity contribution in [2.24, 2.45) is 5.90 Å². The monoisotopic (exact) mass is 154 g/mol. The predicted molar refractivity (Wildman–Crippen MR) is 40.4 cm³/mol. The van der Waals surface area contributed by atoms with E-state index in [9.17, 15) is 5.21 Å². The van der Waals surface area contributed by atoms with Gasteiger partial charge < -0.3 is 5.21 Å². The van der Waals surface area contributed by atoms with E-state index in [0.29, 0.717) is 5.69 Å². The zero-order valence-electron chi connectivity index (χ0n) is 6.20. The third-order valence-electron chi connectivity index (χ3n) is 1.47. The fraction of sp³-hybridized carbons (Fsp3) is 0.143. The number of nitrogens with two attached hydrogens (primary N) is 1. The minimum atomic E-state index is -0.497. The zero-order valence-corrected chi connectivity index (χ0v) is 6.20. The van der Waals surface area contributed by atoms with Crippen LogP contribution in [-0.4, -0.2) is 0 Å². The lowest BCUT2D eigenvalue weighted by molar-refractivity contribution is -1.00. The van der Waals surface area contributed by atoms with Crippen LogP contribution in [0.25, 0.3) is 0 Å². The fourth-order valence-corrected chi connectivity index (χ4v) is 0.865. The quantitative estimate of drug-likeness (QED) is 0.580. The number of quaternary nitrogens is 1. The summed E-state index contributed by atoms with van der Waals surface area (Å²) in [6.07, 6.45) is 0. The highest BCUT2D eigenvalue weighted by molar-refractivity contribution is 5.37. The van der Waals surface area contributed by atoms with Gasteiger partial charge in [0.25, 0.3) is 0 Å². The number of rotatable bonds is 2. The Kier molecular flexibility index (Phi) is 2.56. The van der Waals surface area contributed by atoms with Crippen molar-refractivity contribution < 1.29 is 10.2 Å². The van der Waals surface area contributed by atoms with E-state index in [0.717, 1.165) is 5.56 Å². The van der Waals surface area contributed by atoms with Gasteiger partial charge in [0.15, 0.2) is 5.69 Å². The summed E-state index contributed by atoms with van der Waals surface area (Å²) in [6.45, 7) is 1.83. The number of hydrogen-bond acceptors (Lipinski definition) is 3. The van der Waals surface area contributed by atoms with Crippen LogP contribution >= 0.6 is 0 Å². The highest BCUT2D eigenvalue weighted by Gasteiger charge is 2.04. The molecular weight excluding hydrogens is 144 g/mol. The molecule has 0 fully saturated rings. The van der Waals surface area contributed by atoms with Gasteiger partial charge in [-0.3, -0.25) is 0 Å². The maximum atomic E-state index is 10.9. The van der Waals surface area contributed by atoms with Crippen LogP contribution < -0.4 is 11.1 Å². The Labute approximate surface area is 64.7 Å². The molecule has 1 rings (SSSR count). The highest BCUT2D eigenvalue weighted by Crippen LogP contribution is 2.06. The van der Waals surface area contributed by atoms with Gasteiger partial charge >= 0.3 is 0 Å². The Morgan fingerprint density at radius 2 is 2.09 bits per heavy atom. The van der Waals surface area contributed by atoms with Crippen LogP contribution in [0.3, 0.4) is 0 Å². The van der Waals surface area contributed by atoms with E-state index in [4.69, 9.17) is 5.90 Å². The van der Waals surface area contributed by atoms with Gasteiger partial charge in [0.1, 0.15) is 0 Å². The Bertz CT molecular complexity index is 240. The topological polar surface area (TPSA) is 62.8 Å². The highest BCUT2D eigenvalue weighted by atomic mass is 16.9. The van der Waals surface area contributed by atoms with Gasteiger partial charge in [-0.25, -0.2) is 0 Å². The van der Waals surface area contributed by atoms with E-state index >= 15 is 0 Å². The van der Waals surface area contributed by atoms with Crippen LogP contribution in [0.4, 0.5) is 5.69 Å². The number of hydrogen-bond donors (Lipinski definition) is 2. The average Bonchev–Trinajstić information content (AvgIpc) is 2.04. The minimum absolute atomic E-state index is 0.497. The molecule has 0 bridgehead atoms. The van der Waals surface area contributed by atoms with Gasteiger partial charge in [0.2, 0.25) is 0 Å². The zero-order chi connectivity index (χ0) is 8.27. The molecule has 1 atom stereocenters. The summed E-state index contributed by atoms with van der Waals surface area (Å²) in [5.41, 5.74) is 1.37. The minimum Gasteiger partial charge on any atom is -0.593 e. The van der Waals surface area contributed by atoms with Crippen molar-refractivity contribution >= 4 is 5.69 Å². The molecule has 4 heteroatoms. The summed E-state index contributed by atoms with van der Waals surface area (Å²) in [4.78, 5) is 4.08. The second-order valence-corrected chi connectivity index (χ2v) is 2.22. The maximum Gasteiger partial charge on any atom is 0.168 e. The molecule has 0 heterocycles. The van der Waals surface area contributed by atoms with Crippen LogP contribution in [0, 0.1) is 12.1 Å². The standard InChI is InChI=1S/C7H10N2O2/c1-6-4-2-3-5-7(6)9(10)11-8/h2-5,9H,8H2,1H3. The largest absolute Gasteiger partial charge is 0.593 e. The Morgan fingerprint density at radius 1 is 1.45 bits per heavy atom. The van der Waals surface area contributed by atoms with Gasteiger partial charge in [-0.15, -0.1) is 4.94 Å². The van der Waals surface area contributed by atoms with Crippen LogP contribution in [0.1, 0.15) is 5.56 Å². The number of nitrogens with one attached hydrogen (secondary N) is 1. The Hall–Kier alpha value is -0.940. The van der Waals surface area contributed by atoms with Crippen molar-refractivity contribution in [3.8, 4) is 0 Å². The second kappa shape index (κ2) is 3.45. The molecule has 0 aliphatic carbocycles. The number of aryl methyl sites for hydroxylation is 1. The van der Waals surface area contributed by atoms with Crippen LogP contribution in [-0.2, 0) is 4.94 Å². The van der Waals surface area contributed by atoms with Gasteiger partial charge in [-0.2, -0.15) is 11.1 Å². The Balaban J connectivity index is 2.93. The van der Waals surface area contributed by atoms with Crippen molar-refractivity contribution in [1.82, 2.24) is 0 Å². The molecule has 4 nitrogen and oxygen atoms in total. The average molecular weight is 154 g/mol. The van der Waals surface area contributed by atoms with E-state index in [1.807, 2.05) is 19.1 Å². The third kappa shape index (κ3) is 1.75. The molecule has 3 N–H and O–H groups in total. The van der Waals surface area contributed by atoms with Gasteiger partial charge in [0.05, 0.1) is 0 Å². The first-order chi connectivity index (χ1) is 5.25. The molecular formula is C7H10N2O2. The fourth-order valence-electron chi connectivity index (χ4n) is 0.865. The molecule has 60 valence electrons. The summed E-state index contributed by atoms with van der Waals surface area (Å²) < 4.78 is 0. The van der Waals surface area contributed by atoms with Crippen molar-refractivity contribution in [3.63, 3.8) is 0 Å². The SMILES string of the molecule is Cc1ccccc1[NH+]([O-])ON. The summed E-state index contributed by atoms with van der Waals surface area (Å²) in [7, 11) is 0. The lowest BCUT2D eigenvalue weighted by atomic mass is 10.2. The number of benzene rings is 1. The molecule has 1 unspecified atom stereocenters. The lowest BCUT2D eigenvalue weighted by Gasteiger charge is -2.16. The van der Waals surface area contributed by atoms with E-state index in [1.165, 1.54) is 0 Å². The first-order valence-corrected chi connectivity index (χ1v) is 3.22. The van der Waals surface area contributed by atoms with Crippen LogP contribution in [0.15, 0.2) is 24.3 Å². The molecule has 0 aliphatic rings. The van der Waals surface area contributed by atoms with Crippen molar-refractivity contribution in [1.29, 1.82) is 0 Å². The molecule has 1 aromatic carbocycles. The molecule has 0 spiro atoms. The van der Waals surface area contributed by atoms with Crippen molar-refractivity contribution in [2.45, 2.75) is 6.92 Å². The summed E-state index contributed by atoms with van der Waals surface area (Å²) in [5, 5.41) is 10.4. The summed E-state index contributed by atoms with van der Waals surface area (Å²) in [6, 6.07) is 7.11. The summed E-state index contributed by atoms with van der Waals surface area (Å²) in [5.74, 6) is 4.72. The normalized spacial score (nSPS) is 13.0. The molecule has 1 aromatic rings. The molecule has 0 aliphatic heterocycles. The lowest BCUT2D eigenvalue weighted by Crippen LogP contribution is -3.02. The predicted octanol–water partition coefficient (Wildman–Crippen LogP) is -0.185. The van der Waals surface area contributed by atoms with Crippen molar-refractivity contribution in [2.75, 3.05) is 0 Å². The third-order valence-corrected chi connectivity index (χ3v) is 1.47. The summed E-state index contributed by atoms with van der Waals surface area (Å²) >= 11 is 0. The van der Waals surface area contributed by atoms with E-state index in [-0.39, 0.29) is 0 Å². The van der Waals surface area contributed by atoms with Crippen molar-refractivity contribution in [3.05, 3.63) is 35.0 Å². The molecule has 11 heavy (non-hydrogen) atoms. The smallest absolute Gasteiger partial charge is 0.168 e. The maximum absolute atomic E-state index is 10.9. The second-order valence-electron chi connectivity index (χ2n) is 2.22. The first-order valence-electron chi connectivity index (χ1n) is 3.22. The van der Waals surface area contributed by atoms with Gasteiger partial charge in [-0.1, -0.05) is 18.2 Å². The molecule has 0 radical (unpaired) electrons. The molecule has 0 saturated heterocycles. The molecule has 0 aromatic heterocycles. The van der Waals surface area contributed by atoms with E-state index in [1.54, 1.807) is 12.1 Å². The van der Waals surface area contributed by atoms with Gasteiger partial charge in [-0.05, 0) is 6.92 Å².